The third-order valence-corrected chi connectivity index (χ3v) is 2.11. The fourth-order valence-corrected chi connectivity index (χ4v) is 1.24. The van der Waals surface area contributed by atoms with Crippen molar-refractivity contribution < 1.29 is 9.84 Å². The van der Waals surface area contributed by atoms with Crippen LogP contribution in [-0.2, 0) is 0 Å². The van der Waals surface area contributed by atoms with Gasteiger partial charge in [0.1, 0.15) is 19.0 Å². The van der Waals surface area contributed by atoms with Crippen molar-refractivity contribution in [3.63, 3.8) is 0 Å². The quantitative estimate of drug-likeness (QED) is 0.826. The Kier molecular flexibility index (Phi) is 5.40. The Hall–Kier alpha value is -1.42. The number of hydrogen-bond donors (Lipinski definition) is 1. The molecular weight excluding hydrogens is 256 g/mol. The monoisotopic (exact) mass is 264 g/mol. The first kappa shape index (κ1) is 11.7. The minimum atomic E-state index is -0.167. The van der Waals surface area contributed by atoms with Crippen LogP contribution in [0, 0.1) is 23.7 Å². The summed E-state index contributed by atoms with van der Waals surface area (Å²) in [6.07, 6.45) is 0. The summed E-state index contributed by atoms with van der Waals surface area (Å²) < 4.78 is 6.26. The molecule has 0 unspecified atom stereocenters. The smallest absolute Gasteiger partial charge is 0.150 e. The number of hydrogen-bond acceptors (Lipinski definition) is 2. The van der Waals surface area contributed by atoms with Crippen molar-refractivity contribution in [2.24, 2.45) is 0 Å². The van der Waals surface area contributed by atoms with E-state index in [-0.39, 0.29) is 13.2 Å². The molecule has 0 saturated carbocycles. The van der Waals surface area contributed by atoms with Gasteiger partial charge in [-0.05, 0) is 45.8 Å². The number of ether oxygens (including phenoxy) is 1. The first-order valence-corrected chi connectivity index (χ1v) is 5.08. The Morgan fingerprint density at radius 2 is 1.93 bits per heavy atom. The van der Waals surface area contributed by atoms with E-state index in [2.05, 4.69) is 39.6 Å². The van der Waals surface area contributed by atoms with Crippen LogP contribution in [0.5, 0.6) is 5.75 Å². The molecule has 3 heteroatoms. The third-order valence-electron chi connectivity index (χ3n) is 1.45. The number of aliphatic hydroxyl groups is 1. The lowest BCUT2D eigenvalue weighted by molar-refractivity contribution is 0.350. The average Bonchev–Trinajstić information content (AvgIpc) is 2.25. The highest BCUT2D eigenvalue weighted by Crippen LogP contribution is 2.23. The number of aliphatic hydroxyl groups excluding tert-OH is 1. The van der Waals surface area contributed by atoms with Crippen LogP contribution in [0.4, 0.5) is 0 Å². The number of para-hydroxylation sites is 1. The Morgan fingerprint density at radius 3 is 2.67 bits per heavy atom. The molecule has 0 fully saturated rings. The van der Waals surface area contributed by atoms with Gasteiger partial charge >= 0.3 is 0 Å². The molecule has 76 valence electrons. The van der Waals surface area contributed by atoms with Crippen LogP contribution in [0.15, 0.2) is 28.7 Å². The summed E-state index contributed by atoms with van der Waals surface area (Å²) in [4.78, 5) is 0. The maximum absolute atomic E-state index is 8.36. The van der Waals surface area contributed by atoms with E-state index in [0.717, 1.165) is 10.2 Å². The van der Waals surface area contributed by atoms with Gasteiger partial charge < -0.3 is 9.84 Å². The summed E-state index contributed by atoms with van der Waals surface area (Å²) in [6.45, 7) is 0.114. The summed E-state index contributed by atoms with van der Waals surface area (Å²) in [6, 6.07) is 7.55. The van der Waals surface area contributed by atoms with Gasteiger partial charge in [0.25, 0.3) is 0 Å². The van der Waals surface area contributed by atoms with Crippen molar-refractivity contribution in [3.05, 3.63) is 28.7 Å². The molecular formula is C12H9BrO2. The summed E-state index contributed by atoms with van der Waals surface area (Å²) in [5.41, 5.74) is 0. The number of benzene rings is 1. The maximum atomic E-state index is 8.36. The Labute approximate surface area is 97.4 Å². The molecule has 0 bridgehead atoms. The molecule has 0 spiro atoms. The summed E-state index contributed by atoms with van der Waals surface area (Å²) >= 11 is 3.36. The molecule has 0 aliphatic heterocycles. The van der Waals surface area contributed by atoms with E-state index in [9.17, 15) is 0 Å². The first-order valence-electron chi connectivity index (χ1n) is 4.28. The molecule has 2 nitrogen and oxygen atoms in total. The largest absolute Gasteiger partial charge is 0.480 e. The lowest BCUT2D eigenvalue weighted by Crippen LogP contribution is -1.93. The van der Waals surface area contributed by atoms with Crippen LogP contribution in [0.2, 0.25) is 0 Å². The Bertz CT molecular complexity index is 432. The molecule has 0 aromatic heterocycles. The van der Waals surface area contributed by atoms with Gasteiger partial charge in [0, 0.05) is 0 Å². The molecule has 0 radical (unpaired) electrons. The van der Waals surface area contributed by atoms with Crippen molar-refractivity contribution >= 4 is 15.9 Å². The van der Waals surface area contributed by atoms with Crippen molar-refractivity contribution in [3.8, 4) is 29.4 Å². The third kappa shape index (κ3) is 4.56. The van der Waals surface area contributed by atoms with E-state index in [0.29, 0.717) is 0 Å². The van der Waals surface area contributed by atoms with E-state index >= 15 is 0 Å². The minimum Gasteiger partial charge on any atom is -0.480 e. The normalized spacial score (nSPS) is 8.13. The van der Waals surface area contributed by atoms with Gasteiger partial charge in [0.15, 0.2) is 0 Å². The zero-order valence-electron chi connectivity index (χ0n) is 7.96. The zero-order valence-corrected chi connectivity index (χ0v) is 9.54. The number of halogens is 1. The fourth-order valence-electron chi connectivity index (χ4n) is 0.840. The van der Waals surface area contributed by atoms with Crippen LogP contribution in [-0.4, -0.2) is 18.3 Å². The molecule has 1 aromatic rings. The molecule has 0 saturated heterocycles. The molecule has 0 amide bonds. The first-order chi connectivity index (χ1) is 7.34. The van der Waals surface area contributed by atoms with Gasteiger partial charge in [0.2, 0.25) is 0 Å². The molecule has 1 aromatic carbocycles. The van der Waals surface area contributed by atoms with E-state index in [1.807, 2.05) is 24.3 Å². The number of rotatable bonds is 2. The highest BCUT2D eigenvalue weighted by Gasteiger charge is 1.96. The molecule has 0 aliphatic carbocycles. The Balaban J connectivity index is 2.43. The predicted molar refractivity (Wildman–Crippen MR) is 62.3 cm³/mol. The molecule has 0 heterocycles. The molecule has 0 atom stereocenters. The lowest BCUT2D eigenvalue weighted by Gasteiger charge is -2.02. The molecule has 1 rings (SSSR count). The van der Waals surface area contributed by atoms with Gasteiger partial charge in [0.05, 0.1) is 4.47 Å². The summed E-state index contributed by atoms with van der Waals surface area (Å²) in [7, 11) is 0. The van der Waals surface area contributed by atoms with Crippen LogP contribution < -0.4 is 4.74 Å². The second-order valence-corrected chi connectivity index (χ2v) is 3.34. The summed E-state index contributed by atoms with van der Waals surface area (Å²) in [5.74, 6) is 10.9. The van der Waals surface area contributed by atoms with Crippen molar-refractivity contribution in [1.82, 2.24) is 0 Å². The van der Waals surface area contributed by atoms with Gasteiger partial charge in [-0.1, -0.05) is 18.1 Å². The van der Waals surface area contributed by atoms with E-state index < -0.39 is 0 Å². The van der Waals surface area contributed by atoms with Crippen molar-refractivity contribution in [1.29, 1.82) is 0 Å². The molecule has 0 aliphatic rings. The van der Waals surface area contributed by atoms with E-state index in [4.69, 9.17) is 9.84 Å². The van der Waals surface area contributed by atoms with Crippen molar-refractivity contribution in [2.45, 2.75) is 0 Å². The highest BCUT2D eigenvalue weighted by molar-refractivity contribution is 9.10. The van der Waals surface area contributed by atoms with Crippen LogP contribution >= 0.6 is 15.9 Å². The Morgan fingerprint density at radius 1 is 1.20 bits per heavy atom. The van der Waals surface area contributed by atoms with Gasteiger partial charge in [-0.3, -0.25) is 0 Å². The average molecular weight is 265 g/mol. The topological polar surface area (TPSA) is 29.5 Å². The van der Waals surface area contributed by atoms with Gasteiger partial charge in [-0.2, -0.15) is 0 Å². The van der Waals surface area contributed by atoms with Crippen LogP contribution in [0.3, 0.4) is 0 Å². The van der Waals surface area contributed by atoms with Crippen LogP contribution in [0.25, 0.3) is 0 Å². The van der Waals surface area contributed by atoms with Crippen LogP contribution in [0.1, 0.15) is 0 Å². The van der Waals surface area contributed by atoms with Crippen molar-refractivity contribution in [2.75, 3.05) is 13.2 Å². The second-order valence-electron chi connectivity index (χ2n) is 2.48. The minimum absolute atomic E-state index is 0.167. The second kappa shape index (κ2) is 6.95. The van der Waals surface area contributed by atoms with Gasteiger partial charge in [-0.25, -0.2) is 0 Å². The lowest BCUT2D eigenvalue weighted by atomic mass is 10.3. The SMILES string of the molecule is OCC#CC#CCOc1ccccc1Br. The predicted octanol–water partition coefficient (Wildman–Crippen LogP) is 1.83. The fraction of sp³-hybridized carbons (Fsp3) is 0.167. The standard InChI is InChI=1S/C12H9BrO2/c13-11-7-3-4-8-12(11)15-10-6-2-1-5-9-14/h3-4,7-8,14H,9-10H2. The molecule has 1 N–H and O–H groups in total. The van der Waals surface area contributed by atoms with Gasteiger partial charge in [-0.15, -0.1) is 0 Å². The van der Waals surface area contributed by atoms with E-state index in [1.54, 1.807) is 0 Å². The molecule has 15 heavy (non-hydrogen) atoms. The maximum Gasteiger partial charge on any atom is 0.150 e. The zero-order chi connectivity index (χ0) is 10.9. The summed E-state index contributed by atoms with van der Waals surface area (Å²) in [5, 5.41) is 8.36. The van der Waals surface area contributed by atoms with E-state index in [1.165, 1.54) is 0 Å². The highest BCUT2D eigenvalue weighted by atomic mass is 79.9.